The zero-order chi connectivity index (χ0) is 22.6. The number of ether oxygens (including phenoxy) is 3. The molecule has 10 heteroatoms. The average Bonchev–Trinajstić information content (AvgIpc) is 3.30. The van der Waals surface area contributed by atoms with E-state index in [0.29, 0.717) is 37.4 Å². The normalized spacial score (nSPS) is 10.9. The van der Waals surface area contributed by atoms with Gasteiger partial charge in [0.15, 0.2) is 11.8 Å². The number of hydrogen-bond donors (Lipinski definition) is 3. The van der Waals surface area contributed by atoms with Gasteiger partial charge >= 0.3 is 0 Å². The lowest BCUT2D eigenvalue weighted by atomic mass is 10.2. The summed E-state index contributed by atoms with van der Waals surface area (Å²) < 4.78 is 16.0. The molecule has 0 aliphatic rings. The first-order valence-electron chi connectivity index (χ1n) is 10.5. The number of guanidine groups is 1. The number of aromatic amines is 1. The van der Waals surface area contributed by atoms with E-state index in [1.54, 1.807) is 14.2 Å². The van der Waals surface area contributed by atoms with Crippen molar-refractivity contribution in [3.05, 3.63) is 54.4 Å². The fraction of sp³-hybridized carbons (Fsp3) is 0.348. The third-order valence-electron chi connectivity index (χ3n) is 4.47. The number of nitrogens with zero attached hydrogens (tertiary/aromatic N) is 3. The Labute approximate surface area is 211 Å². The Morgan fingerprint density at radius 1 is 1.06 bits per heavy atom. The number of H-pyrrole nitrogens is 1. The van der Waals surface area contributed by atoms with Gasteiger partial charge in [-0.1, -0.05) is 6.07 Å². The highest BCUT2D eigenvalue weighted by Crippen LogP contribution is 2.19. The topological polar surface area (TPSA) is 106 Å². The highest BCUT2D eigenvalue weighted by atomic mass is 127. The highest BCUT2D eigenvalue weighted by Gasteiger charge is 2.07. The first kappa shape index (κ1) is 26.4. The van der Waals surface area contributed by atoms with Gasteiger partial charge in [0.1, 0.15) is 23.9 Å². The molecule has 3 N–H and O–H groups in total. The molecule has 0 atom stereocenters. The molecular formula is C23H31IN6O3. The van der Waals surface area contributed by atoms with Crippen molar-refractivity contribution in [1.29, 1.82) is 0 Å². The molecule has 0 saturated heterocycles. The van der Waals surface area contributed by atoms with Gasteiger partial charge in [0, 0.05) is 44.0 Å². The summed E-state index contributed by atoms with van der Waals surface area (Å²) in [6.45, 7) is 4.38. The van der Waals surface area contributed by atoms with Crippen molar-refractivity contribution in [3.63, 3.8) is 0 Å². The fourth-order valence-corrected chi connectivity index (χ4v) is 2.89. The Kier molecular flexibility index (Phi) is 11.5. The van der Waals surface area contributed by atoms with Gasteiger partial charge in [-0.15, -0.1) is 24.0 Å². The summed E-state index contributed by atoms with van der Waals surface area (Å²) in [7, 11) is 3.32. The van der Waals surface area contributed by atoms with Gasteiger partial charge in [0.25, 0.3) is 0 Å². The number of anilines is 1. The molecule has 2 aromatic carbocycles. The second-order valence-corrected chi connectivity index (χ2v) is 6.88. The summed E-state index contributed by atoms with van der Waals surface area (Å²) in [5.41, 5.74) is 1.79. The zero-order valence-electron chi connectivity index (χ0n) is 19.1. The standard InChI is InChI=1S/C23H30N6O3.HI/c1-4-24-23(26-18-7-5-8-20(15-18)32-14-6-13-30-2)25-16-21-27-22(29-28-21)17-9-11-19(31-3)12-10-17;/h5,7-12,15H,4,6,13-14,16H2,1-3H3,(H2,24,25,26)(H,27,28,29);1H. The van der Waals surface area contributed by atoms with Crippen molar-refractivity contribution < 1.29 is 14.2 Å². The third kappa shape index (κ3) is 8.54. The predicted octanol–water partition coefficient (Wildman–Crippen LogP) is 4.09. The number of rotatable bonds is 11. The molecule has 1 aromatic heterocycles. The molecular weight excluding hydrogens is 535 g/mol. The predicted molar refractivity (Wildman–Crippen MR) is 141 cm³/mol. The maximum Gasteiger partial charge on any atom is 0.196 e. The average molecular weight is 566 g/mol. The Bertz CT molecular complexity index is 994. The molecule has 0 aliphatic heterocycles. The molecule has 0 fully saturated rings. The van der Waals surface area contributed by atoms with Crippen molar-refractivity contribution in [2.75, 3.05) is 39.3 Å². The van der Waals surface area contributed by atoms with Crippen molar-refractivity contribution >= 4 is 35.6 Å². The minimum absolute atomic E-state index is 0. The molecule has 0 spiro atoms. The molecule has 9 nitrogen and oxygen atoms in total. The summed E-state index contributed by atoms with van der Waals surface area (Å²) in [6.07, 6.45) is 0.841. The number of aromatic nitrogens is 3. The van der Waals surface area contributed by atoms with Crippen LogP contribution in [-0.2, 0) is 11.3 Å². The van der Waals surface area contributed by atoms with E-state index in [4.69, 9.17) is 14.2 Å². The summed E-state index contributed by atoms with van der Waals surface area (Å²) >= 11 is 0. The summed E-state index contributed by atoms with van der Waals surface area (Å²) in [5, 5.41) is 13.8. The minimum atomic E-state index is 0. The van der Waals surface area contributed by atoms with Crippen LogP contribution in [0.15, 0.2) is 53.5 Å². The zero-order valence-corrected chi connectivity index (χ0v) is 21.5. The molecule has 0 bridgehead atoms. The molecule has 0 radical (unpaired) electrons. The Hall–Kier alpha value is -2.86. The number of hydrogen-bond acceptors (Lipinski definition) is 6. The summed E-state index contributed by atoms with van der Waals surface area (Å²) in [5.74, 6) is 3.52. The lowest BCUT2D eigenvalue weighted by Crippen LogP contribution is -2.30. The van der Waals surface area contributed by atoms with E-state index in [1.165, 1.54) is 0 Å². The first-order valence-corrected chi connectivity index (χ1v) is 10.5. The summed E-state index contributed by atoms with van der Waals surface area (Å²) in [4.78, 5) is 9.15. The number of methoxy groups -OCH3 is 2. The Balaban J connectivity index is 0.00000385. The smallest absolute Gasteiger partial charge is 0.196 e. The van der Waals surface area contributed by atoms with Crippen molar-refractivity contribution in [2.45, 2.75) is 19.9 Å². The molecule has 3 aromatic rings. The Morgan fingerprint density at radius 2 is 1.88 bits per heavy atom. The van der Waals surface area contributed by atoms with Crippen LogP contribution < -0.4 is 20.1 Å². The second kappa shape index (κ2) is 14.3. The van der Waals surface area contributed by atoms with Crippen LogP contribution in [0.25, 0.3) is 11.4 Å². The second-order valence-electron chi connectivity index (χ2n) is 6.88. The largest absolute Gasteiger partial charge is 0.497 e. The number of benzene rings is 2. The number of halogens is 1. The molecule has 0 amide bonds. The van der Waals surface area contributed by atoms with E-state index in [2.05, 4.69) is 30.8 Å². The van der Waals surface area contributed by atoms with E-state index in [1.807, 2.05) is 55.5 Å². The first-order chi connectivity index (χ1) is 15.7. The van der Waals surface area contributed by atoms with Gasteiger partial charge in [-0.05, 0) is 43.3 Å². The molecule has 0 aliphatic carbocycles. The van der Waals surface area contributed by atoms with Gasteiger partial charge in [-0.25, -0.2) is 9.98 Å². The van der Waals surface area contributed by atoms with Gasteiger partial charge in [0.2, 0.25) is 0 Å². The maximum absolute atomic E-state index is 5.77. The molecule has 1 heterocycles. The molecule has 178 valence electrons. The monoisotopic (exact) mass is 566 g/mol. The van der Waals surface area contributed by atoms with E-state index < -0.39 is 0 Å². The molecule has 33 heavy (non-hydrogen) atoms. The van der Waals surface area contributed by atoms with Crippen LogP contribution >= 0.6 is 24.0 Å². The van der Waals surface area contributed by atoms with Gasteiger partial charge in [-0.2, -0.15) is 5.10 Å². The molecule has 3 rings (SSSR count). The minimum Gasteiger partial charge on any atom is -0.497 e. The van der Waals surface area contributed by atoms with Crippen LogP contribution in [0.4, 0.5) is 5.69 Å². The molecule has 0 unspecified atom stereocenters. The number of aliphatic imine (C=N–C) groups is 1. The SMILES string of the molecule is CCNC(=NCc1nc(-c2ccc(OC)cc2)n[nH]1)Nc1cccc(OCCCOC)c1.I. The van der Waals surface area contributed by atoms with Crippen molar-refractivity contribution in [1.82, 2.24) is 20.5 Å². The van der Waals surface area contributed by atoms with Crippen LogP contribution in [0.3, 0.4) is 0 Å². The lowest BCUT2D eigenvalue weighted by Gasteiger charge is -2.12. The maximum atomic E-state index is 5.77. The van der Waals surface area contributed by atoms with Crippen molar-refractivity contribution in [2.24, 2.45) is 4.99 Å². The van der Waals surface area contributed by atoms with E-state index >= 15 is 0 Å². The quantitative estimate of drug-likeness (QED) is 0.139. The summed E-state index contributed by atoms with van der Waals surface area (Å²) in [6, 6.07) is 15.4. The Morgan fingerprint density at radius 3 is 2.61 bits per heavy atom. The van der Waals surface area contributed by atoms with Gasteiger partial charge in [0.05, 0.1) is 13.7 Å². The van der Waals surface area contributed by atoms with Crippen LogP contribution in [-0.4, -0.2) is 55.1 Å². The van der Waals surface area contributed by atoms with E-state index in [-0.39, 0.29) is 24.0 Å². The highest BCUT2D eigenvalue weighted by molar-refractivity contribution is 14.0. The van der Waals surface area contributed by atoms with Gasteiger partial charge < -0.3 is 24.8 Å². The fourth-order valence-electron chi connectivity index (χ4n) is 2.89. The number of nitrogens with one attached hydrogen (secondary N) is 3. The van der Waals surface area contributed by atoms with E-state index in [0.717, 1.165) is 35.7 Å². The van der Waals surface area contributed by atoms with Crippen molar-refractivity contribution in [3.8, 4) is 22.9 Å². The van der Waals surface area contributed by atoms with Crippen LogP contribution in [0.1, 0.15) is 19.2 Å². The van der Waals surface area contributed by atoms with Gasteiger partial charge in [-0.3, -0.25) is 5.10 Å². The van der Waals surface area contributed by atoms with Crippen LogP contribution in [0, 0.1) is 0 Å². The van der Waals surface area contributed by atoms with Crippen LogP contribution in [0.2, 0.25) is 0 Å². The third-order valence-corrected chi connectivity index (χ3v) is 4.47. The van der Waals surface area contributed by atoms with E-state index in [9.17, 15) is 0 Å². The van der Waals surface area contributed by atoms with Crippen LogP contribution in [0.5, 0.6) is 11.5 Å². The lowest BCUT2D eigenvalue weighted by molar-refractivity contribution is 0.172. The molecule has 0 saturated carbocycles.